The number of pyridine rings is 1. The first-order valence-corrected chi connectivity index (χ1v) is 9.93. The number of aromatic nitrogens is 3. The maximum absolute atomic E-state index is 12.7. The van der Waals surface area contributed by atoms with Gasteiger partial charge in [-0.05, 0) is 30.3 Å². The molecule has 1 aliphatic rings. The van der Waals surface area contributed by atoms with Crippen LogP contribution in [0.5, 0.6) is 5.75 Å². The van der Waals surface area contributed by atoms with E-state index in [9.17, 15) is 4.79 Å². The lowest BCUT2D eigenvalue weighted by Gasteiger charge is -2.34. The Balaban J connectivity index is 1.25. The highest BCUT2D eigenvalue weighted by Crippen LogP contribution is 2.23. The third kappa shape index (κ3) is 4.75. The summed E-state index contributed by atoms with van der Waals surface area (Å²) in [5.74, 6) is 1.40. The third-order valence-electron chi connectivity index (χ3n) is 4.90. The fourth-order valence-electron chi connectivity index (χ4n) is 3.26. The fraction of sp³-hybridized carbons (Fsp3) is 0.286. The maximum Gasteiger partial charge on any atom is 0.255 e. The summed E-state index contributed by atoms with van der Waals surface area (Å²) in [5, 5.41) is 4.76. The molecule has 3 aromatic rings. The summed E-state index contributed by atoms with van der Waals surface area (Å²) in [4.78, 5) is 21.3. The number of ether oxygens (including phenoxy) is 1. The molecule has 0 radical (unpaired) electrons. The molecule has 0 N–H and O–H groups in total. The lowest BCUT2D eigenvalue weighted by molar-refractivity contribution is 0.0620. The number of piperazine rings is 1. The van der Waals surface area contributed by atoms with Crippen molar-refractivity contribution in [3.8, 4) is 11.6 Å². The molecule has 4 rings (SSSR count). The molecule has 0 unspecified atom stereocenters. The van der Waals surface area contributed by atoms with Crippen molar-refractivity contribution >= 4 is 17.5 Å². The van der Waals surface area contributed by atoms with Crippen molar-refractivity contribution in [2.75, 3.05) is 39.3 Å². The number of nitrogens with zero attached hydrogens (tertiary/aromatic N) is 5. The van der Waals surface area contributed by atoms with E-state index in [0.717, 1.165) is 19.6 Å². The number of para-hydroxylation sites is 1. The fourth-order valence-corrected chi connectivity index (χ4v) is 3.45. The minimum absolute atomic E-state index is 0.0106. The summed E-state index contributed by atoms with van der Waals surface area (Å²) in [7, 11) is 0. The van der Waals surface area contributed by atoms with Crippen molar-refractivity contribution in [3.63, 3.8) is 0 Å². The van der Waals surface area contributed by atoms with Crippen molar-refractivity contribution in [1.82, 2.24) is 24.6 Å². The molecule has 3 heterocycles. The minimum Gasteiger partial charge on any atom is -0.491 e. The Hall–Kier alpha value is -2.90. The molecule has 29 heavy (non-hydrogen) atoms. The molecular formula is C21H22ClN5O2. The smallest absolute Gasteiger partial charge is 0.255 e. The third-order valence-corrected chi connectivity index (χ3v) is 5.21. The lowest BCUT2D eigenvalue weighted by atomic mass is 10.2. The molecule has 0 atom stereocenters. The zero-order valence-electron chi connectivity index (χ0n) is 15.9. The summed E-state index contributed by atoms with van der Waals surface area (Å²) in [6, 6.07) is 12.9. The van der Waals surface area contributed by atoms with Gasteiger partial charge in [0.2, 0.25) is 0 Å². The molecule has 0 aliphatic carbocycles. The Kier molecular flexibility index (Phi) is 6.07. The molecule has 0 bridgehead atoms. The normalized spacial score (nSPS) is 14.7. The molecule has 1 aromatic carbocycles. The largest absolute Gasteiger partial charge is 0.491 e. The van der Waals surface area contributed by atoms with Gasteiger partial charge in [0.1, 0.15) is 12.4 Å². The summed E-state index contributed by atoms with van der Waals surface area (Å²) < 4.78 is 7.42. The second kappa shape index (κ2) is 9.07. The number of benzene rings is 1. The summed E-state index contributed by atoms with van der Waals surface area (Å²) >= 11 is 6.10. The summed E-state index contributed by atoms with van der Waals surface area (Å²) in [6.07, 6.45) is 5.13. The second-order valence-electron chi connectivity index (χ2n) is 6.77. The van der Waals surface area contributed by atoms with Crippen molar-refractivity contribution in [2.45, 2.75) is 0 Å². The number of halogens is 1. The highest BCUT2D eigenvalue weighted by molar-refractivity contribution is 6.32. The van der Waals surface area contributed by atoms with Crippen molar-refractivity contribution in [1.29, 1.82) is 0 Å². The zero-order chi connectivity index (χ0) is 20.1. The molecule has 1 amide bonds. The van der Waals surface area contributed by atoms with E-state index < -0.39 is 0 Å². The van der Waals surface area contributed by atoms with E-state index in [1.165, 1.54) is 0 Å². The van der Waals surface area contributed by atoms with Gasteiger partial charge in [-0.1, -0.05) is 23.7 Å². The molecule has 0 spiro atoms. The molecule has 2 aromatic heterocycles. The first kappa shape index (κ1) is 19.4. The van der Waals surface area contributed by atoms with Gasteiger partial charge >= 0.3 is 0 Å². The molecule has 150 valence electrons. The van der Waals surface area contributed by atoms with E-state index >= 15 is 0 Å². The number of carbonyl (C=O) groups is 1. The number of carbonyl (C=O) groups excluding carboxylic acids is 1. The van der Waals surface area contributed by atoms with Crippen LogP contribution >= 0.6 is 11.6 Å². The van der Waals surface area contributed by atoms with Crippen molar-refractivity contribution in [3.05, 3.63) is 71.6 Å². The lowest BCUT2D eigenvalue weighted by Crippen LogP contribution is -2.49. The highest BCUT2D eigenvalue weighted by Gasteiger charge is 2.22. The van der Waals surface area contributed by atoms with Crippen molar-refractivity contribution < 1.29 is 9.53 Å². The van der Waals surface area contributed by atoms with E-state index in [-0.39, 0.29) is 5.91 Å². The quantitative estimate of drug-likeness (QED) is 0.624. The maximum atomic E-state index is 12.7. The van der Waals surface area contributed by atoms with Gasteiger partial charge in [0.05, 0.1) is 10.6 Å². The second-order valence-corrected chi connectivity index (χ2v) is 7.18. The zero-order valence-corrected chi connectivity index (χ0v) is 16.7. The van der Waals surface area contributed by atoms with Gasteiger partial charge in [-0.25, -0.2) is 9.67 Å². The van der Waals surface area contributed by atoms with Crippen LogP contribution < -0.4 is 4.74 Å². The Morgan fingerprint density at radius 2 is 1.90 bits per heavy atom. The van der Waals surface area contributed by atoms with Gasteiger partial charge < -0.3 is 9.64 Å². The van der Waals surface area contributed by atoms with Gasteiger partial charge in [-0.2, -0.15) is 5.10 Å². The van der Waals surface area contributed by atoms with Crippen LogP contribution in [0.2, 0.25) is 5.02 Å². The predicted molar refractivity (Wildman–Crippen MR) is 111 cm³/mol. The number of amides is 1. The van der Waals surface area contributed by atoms with Gasteiger partial charge in [-0.15, -0.1) is 0 Å². The monoisotopic (exact) mass is 411 g/mol. The Labute approximate surface area is 174 Å². The average molecular weight is 412 g/mol. The van der Waals surface area contributed by atoms with Crippen LogP contribution in [-0.2, 0) is 0 Å². The first-order valence-electron chi connectivity index (χ1n) is 9.56. The number of hydrogen-bond acceptors (Lipinski definition) is 5. The summed E-state index contributed by atoms with van der Waals surface area (Å²) in [6.45, 7) is 4.37. The molecule has 7 nitrogen and oxygen atoms in total. The van der Waals surface area contributed by atoms with E-state index in [1.54, 1.807) is 23.1 Å². The van der Waals surface area contributed by atoms with E-state index in [1.807, 2.05) is 47.5 Å². The van der Waals surface area contributed by atoms with Crippen molar-refractivity contribution in [2.24, 2.45) is 0 Å². The average Bonchev–Trinajstić information content (AvgIpc) is 3.30. The van der Waals surface area contributed by atoms with E-state index in [2.05, 4.69) is 15.0 Å². The highest BCUT2D eigenvalue weighted by atomic mass is 35.5. The molecule has 1 fully saturated rings. The van der Waals surface area contributed by atoms with Crippen LogP contribution in [-0.4, -0.2) is 69.8 Å². The van der Waals surface area contributed by atoms with Crippen LogP contribution in [0.4, 0.5) is 0 Å². The van der Waals surface area contributed by atoms with Crippen LogP contribution in [0.25, 0.3) is 5.82 Å². The summed E-state index contributed by atoms with van der Waals surface area (Å²) in [5.41, 5.74) is 0.594. The Morgan fingerprint density at radius 1 is 1.07 bits per heavy atom. The van der Waals surface area contributed by atoms with Crippen LogP contribution in [0, 0.1) is 0 Å². The predicted octanol–water partition coefficient (Wildman–Crippen LogP) is 2.76. The molecule has 1 saturated heterocycles. The molecule has 0 saturated carbocycles. The number of rotatable bonds is 6. The van der Waals surface area contributed by atoms with Gasteiger partial charge in [-0.3, -0.25) is 9.69 Å². The van der Waals surface area contributed by atoms with Gasteiger partial charge in [0.25, 0.3) is 5.91 Å². The van der Waals surface area contributed by atoms with E-state index in [4.69, 9.17) is 16.3 Å². The van der Waals surface area contributed by atoms with Crippen LogP contribution in [0.3, 0.4) is 0 Å². The molecule has 8 heteroatoms. The van der Waals surface area contributed by atoms with Crippen LogP contribution in [0.15, 0.2) is 61.1 Å². The van der Waals surface area contributed by atoms with Gasteiger partial charge in [0, 0.05) is 51.3 Å². The standard InChI is InChI=1S/C21H22ClN5O2/c22-18-4-1-2-5-19(18)29-15-14-25-10-12-26(13-11-25)21(28)17-6-7-20(23-16-17)27-9-3-8-24-27/h1-9,16H,10-15H2. The topological polar surface area (TPSA) is 63.5 Å². The SMILES string of the molecule is O=C(c1ccc(-n2cccn2)nc1)N1CCN(CCOc2ccccc2Cl)CC1. The molecular weight excluding hydrogens is 390 g/mol. The Morgan fingerprint density at radius 3 is 2.59 bits per heavy atom. The number of hydrogen-bond donors (Lipinski definition) is 0. The minimum atomic E-state index is 0.0106. The Bertz CT molecular complexity index is 938. The van der Waals surface area contributed by atoms with Gasteiger partial charge in [0.15, 0.2) is 5.82 Å². The molecule has 1 aliphatic heterocycles. The first-order chi connectivity index (χ1) is 14.2. The van der Waals surface area contributed by atoms with E-state index in [0.29, 0.717) is 41.8 Å². The van der Waals surface area contributed by atoms with Crippen LogP contribution in [0.1, 0.15) is 10.4 Å².